The van der Waals surface area contributed by atoms with Gasteiger partial charge in [-0.2, -0.15) is 5.10 Å². The third-order valence-corrected chi connectivity index (χ3v) is 5.19. The number of carbonyl (C=O) groups excluding carboxylic acids is 1. The summed E-state index contributed by atoms with van der Waals surface area (Å²) in [6, 6.07) is 16.9. The minimum atomic E-state index is -0.365. The summed E-state index contributed by atoms with van der Waals surface area (Å²) in [6.45, 7) is -0.152. The first-order valence-corrected chi connectivity index (χ1v) is 9.58. The molecule has 1 amide bonds. The Bertz CT molecular complexity index is 992. The molecule has 0 atom stereocenters. The number of hydrogen-bond acceptors (Lipinski definition) is 3. The SMILES string of the molecule is O=C(COc1ccc2cc(Br)ccc2c1Br)NN=Cc1ccccc1Cl. The standard InChI is InChI=1S/C19H13Br2ClN2O2/c20-14-6-7-15-12(9-14)5-8-17(19(15)21)26-11-18(25)24-23-10-13-3-1-2-4-16(13)22/h1-10H,11H2,(H,24,25). The normalized spacial score (nSPS) is 11.0. The number of nitrogens with one attached hydrogen (secondary N) is 1. The Morgan fingerprint density at radius 1 is 1.15 bits per heavy atom. The van der Waals surface area contributed by atoms with E-state index in [2.05, 4.69) is 42.4 Å². The molecule has 3 aromatic rings. The van der Waals surface area contributed by atoms with Gasteiger partial charge < -0.3 is 4.74 Å². The molecule has 1 N–H and O–H groups in total. The number of ether oxygens (including phenoxy) is 1. The van der Waals surface area contributed by atoms with Crippen LogP contribution in [0.4, 0.5) is 0 Å². The predicted molar refractivity (Wildman–Crippen MR) is 112 cm³/mol. The molecule has 0 aromatic heterocycles. The van der Waals surface area contributed by atoms with Crippen molar-refractivity contribution >= 4 is 66.4 Å². The highest BCUT2D eigenvalue weighted by molar-refractivity contribution is 9.11. The lowest BCUT2D eigenvalue weighted by atomic mass is 10.1. The minimum absolute atomic E-state index is 0.152. The van der Waals surface area contributed by atoms with Gasteiger partial charge in [-0.05, 0) is 51.0 Å². The van der Waals surface area contributed by atoms with E-state index in [1.807, 2.05) is 42.5 Å². The van der Waals surface area contributed by atoms with Crippen molar-refractivity contribution in [1.29, 1.82) is 0 Å². The van der Waals surface area contributed by atoms with E-state index in [1.54, 1.807) is 12.1 Å². The van der Waals surface area contributed by atoms with Crippen LogP contribution in [0.1, 0.15) is 5.56 Å². The van der Waals surface area contributed by atoms with E-state index in [9.17, 15) is 4.79 Å². The van der Waals surface area contributed by atoms with Gasteiger partial charge in [0.1, 0.15) is 5.75 Å². The predicted octanol–water partition coefficient (Wildman–Crippen LogP) is 5.55. The fourth-order valence-corrected chi connectivity index (χ4v) is 3.45. The van der Waals surface area contributed by atoms with Crippen LogP contribution < -0.4 is 10.2 Å². The maximum Gasteiger partial charge on any atom is 0.277 e. The van der Waals surface area contributed by atoms with E-state index in [4.69, 9.17) is 16.3 Å². The van der Waals surface area contributed by atoms with Gasteiger partial charge >= 0.3 is 0 Å². The summed E-state index contributed by atoms with van der Waals surface area (Å²) in [4.78, 5) is 11.9. The van der Waals surface area contributed by atoms with Crippen molar-refractivity contribution in [2.24, 2.45) is 5.10 Å². The first-order valence-electron chi connectivity index (χ1n) is 7.61. The molecule has 0 saturated heterocycles. The number of rotatable bonds is 5. The number of halogens is 3. The topological polar surface area (TPSA) is 50.7 Å². The summed E-state index contributed by atoms with van der Waals surface area (Å²) in [5.41, 5.74) is 3.14. The summed E-state index contributed by atoms with van der Waals surface area (Å²) in [7, 11) is 0. The van der Waals surface area contributed by atoms with Crippen LogP contribution in [0, 0.1) is 0 Å². The molecule has 0 fully saturated rings. The Labute approximate surface area is 172 Å². The highest BCUT2D eigenvalue weighted by atomic mass is 79.9. The van der Waals surface area contributed by atoms with E-state index >= 15 is 0 Å². The van der Waals surface area contributed by atoms with Crippen molar-refractivity contribution in [3.05, 3.63) is 74.1 Å². The summed E-state index contributed by atoms with van der Waals surface area (Å²) in [5.74, 6) is 0.223. The zero-order valence-corrected chi connectivity index (χ0v) is 17.3. The summed E-state index contributed by atoms with van der Waals surface area (Å²) < 4.78 is 7.39. The van der Waals surface area contributed by atoms with Crippen molar-refractivity contribution in [2.45, 2.75) is 0 Å². The number of amides is 1. The van der Waals surface area contributed by atoms with Gasteiger partial charge in [0.15, 0.2) is 6.61 Å². The van der Waals surface area contributed by atoms with Crippen LogP contribution in [0.15, 0.2) is 68.6 Å². The van der Waals surface area contributed by atoms with E-state index in [1.165, 1.54) is 6.21 Å². The van der Waals surface area contributed by atoms with Gasteiger partial charge in [-0.25, -0.2) is 5.43 Å². The number of carbonyl (C=O) groups is 1. The highest BCUT2D eigenvalue weighted by Gasteiger charge is 2.09. The fourth-order valence-electron chi connectivity index (χ4n) is 2.28. The molecule has 0 radical (unpaired) electrons. The lowest BCUT2D eigenvalue weighted by molar-refractivity contribution is -0.123. The molecule has 3 aromatic carbocycles. The Kier molecular flexibility index (Phi) is 6.29. The molecule has 0 saturated carbocycles. The Balaban J connectivity index is 1.61. The molecule has 7 heteroatoms. The van der Waals surface area contributed by atoms with Crippen LogP contribution >= 0.6 is 43.5 Å². The van der Waals surface area contributed by atoms with E-state index in [0.717, 1.165) is 25.3 Å². The van der Waals surface area contributed by atoms with Gasteiger partial charge in [-0.15, -0.1) is 0 Å². The molecular weight excluding hydrogens is 483 g/mol. The maximum atomic E-state index is 11.9. The molecule has 0 bridgehead atoms. The number of benzene rings is 3. The van der Waals surface area contributed by atoms with Gasteiger partial charge in [0.25, 0.3) is 5.91 Å². The van der Waals surface area contributed by atoms with Crippen molar-refractivity contribution in [3.8, 4) is 5.75 Å². The van der Waals surface area contributed by atoms with Crippen molar-refractivity contribution in [1.82, 2.24) is 5.43 Å². The average Bonchev–Trinajstić information content (AvgIpc) is 2.62. The van der Waals surface area contributed by atoms with Gasteiger partial charge in [0.2, 0.25) is 0 Å². The molecule has 0 heterocycles. The molecule has 4 nitrogen and oxygen atoms in total. The van der Waals surface area contributed by atoms with Crippen LogP contribution in [-0.2, 0) is 4.79 Å². The lowest BCUT2D eigenvalue weighted by Gasteiger charge is -2.10. The Hall–Kier alpha value is -1.89. The molecule has 26 heavy (non-hydrogen) atoms. The molecule has 0 aliphatic carbocycles. The second-order valence-corrected chi connectivity index (χ2v) is 7.46. The molecule has 3 rings (SSSR count). The van der Waals surface area contributed by atoms with Crippen LogP contribution in [-0.4, -0.2) is 18.7 Å². The maximum absolute atomic E-state index is 11.9. The van der Waals surface area contributed by atoms with Crippen molar-refractivity contribution in [2.75, 3.05) is 6.61 Å². The zero-order valence-electron chi connectivity index (χ0n) is 13.4. The van der Waals surface area contributed by atoms with Gasteiger partial charge in [-0.3, -0.25) is 4.79 Å². The molecular formula is C19H13Br2ClN2O2. The number of nitrogens with zero attached hydrogens (tertiary/aromatic N) is 1. The van der Waals surface area contributed by atoms with E-state index in [-0.39, 0.29) is 12.5 Å². The molecule has 0 aliphatic rings. The van der Waals surface area contributed by atoms with Crippen LogP contribution in [0.5, 0.6) is 5.75 Å². The average molecular weight is 497 g/mol. The number of hydrazone groups is 1. The Morgan fingerprint density at radius 2 is 1.96 bits per heavy atom. The largest absolute Gasteiger partial charge is 0.483 e. The third-order valence-electron chi connectivity index (χ3n) is 3.54. The van der Waals surface area contributed by atoms with Crippen molar-refractivity contribution < 1.29 is 9.53 Å². The second kappa shape index (κ2) is 8.66. The van der Waals surface area contributed by atoms with E-state index in [0.29, 0.717) is 10.8 Å². The molecule has 0 unspecified atom stereocenters. The van der Waals surface area contributed by atoms with Crippen molar-refractivity contribution in [3.63, 3.8) is 0 Å². The quantitative estimate of drug-likeness (QED) is 0.372. The molecule has 0 spiro atoms. The summed E-state index contributed by atoms with van der Waals surface area (Å²) in [5, 5.41) is 6.52. The smallest absolute Gasteiger partial charge is 0.277 e. The van der Waals surface area contributed by atoms with Gasteiger partial charge in [-0.1, -0.05) is 57.9 Å². The molecule has 0 aliphatic heterocycles. The fraction of sp³-hybridized carbons (Fsp3) is 0.0526. The highest BCUT2D eigenvalue weighted by Crippen LogP contribution is 2.34. The van der Waals surface area contributed by atoms with Crippen LogP contribution in [0.3, 0.4) is 0 Å². The van der Waals surface area contributed by atoms with Crippen LogP contribution in [0.25, 0.3) is 10.8 Å². The first kappa shape index (κ1) is 18.9. The lowest BCUT2D eigenvalue weighted by Crippen LogP contribution is -2.24. The molecule has 132 valence electrons. The summed E-state index contributed by atoms with van der Waals surface area (Å²) in [6.07, 6.45) is 1.49. The van der Waals surface area contributed by atoms with E-state index < -0.39 is 0 Å². The monoisotopic (exact) mass is 494 g/mol. The number of fused-ring (bicyclic) bond motifs is 1. The number of hydrogen-bond donors (Lipinski definition) is 1. The van der Waals surface area contributed by atoms with Gasteiger partial charge in [0.05, 0.1) is 10.7 Å². The third kappa shape index (κ3) is 4.63. The van der Waals surface area contributed by atoms with Crippen LogP contribution in [0.2, 0.25) is 5.02 Å². The van der Waals surface area contributed by atoms with Gasteiger partial charge in [0, 0.05) is 15.1 Å². The Morgan fingerprint density at radius 3 is 2.77 bits per heavy atom. The second-order valence-electron chi connectivity index (χ2n) is 5.35. The first-order chi connectivity index (χ1) is 12.5. The minimum Gasteiger partial charge on any atom is -0.483 e. The summed E-state index contributed by atoms with van der Waals surface area (Å²) >= 11 is 13.0. The zero-order chi connectivity index (χ0) is 18.5.